The van der Waals surface area contributed by atoms with Crippen LogP contribution in [-0.4, -0.2) is 28.7 Å². The number of amides is 2. The van der Waals surface area contributed by atoms with Crippen LogP contribution in [0.15, 0.2) is 77.1 Å². The number of hydrogen-bond donors (Lipinski definition) is 2. The zero-order valence-corrected chi connectivity index (χ0v) is 21.2. The number of rotatable bonds is 10. The average Bonchev–Trinajstić information content (AvgIpc) is 3.26. The Bertz CT molecular complexity index is 1290. The van der Waals surface area contributed by atoms with Crippen molar-refractivity contribution in [3.8, 4) is 5.75 Å². The van der Waals surface area contributed by atoms with Gasteiger partial charge in [0.2, 0.25) is 11.8 Å². The number of ether oxygens (including phenoxy) is 1. The van der Waals surface area contributed by atoms with Crippen LogP contribution in [0, 0.1) is 0 Å². The Balaban J connectivity index is 1.32. The van der Waals surface area contributed by atoms with Gasteiger partial charge in [0.15, 0.2) is 4.34 Å². The van der Waals surface area contributed by atoms with Crippen LogP contribution in [0.3, 0.4) is 0 Å². The number of carbonyl (C=O) groups is 2. The lowest BCUT2D eigenvalue weighted by atomic mass is 10.1. The second kappa shape index (κ2) is 11.9. The smallest absolute Gasteiger partial charge is 0.237 e. The van der Waals surface area contributed by atoms with Gasteiger partial charge in [-0.1, -0.05) is 42.1 Å². The van der Waals surface area contributed by atoms with Gasteiger partial charge in [0.25, 0.3) is 0 Å². The minimum atomic E-state index is -0.320. The molecule has 1 unspecified atom stereocenters. The molecule has 0 spiro atoms. The maximum absolute atomic E-state index is 12.6. The summed E-state index contributed by atoms with van der Waals surface area (Å²) in [5.74, 6) is 0.658. The van der Waals surface area contributed by atoms with E-state index in [9.17, 15) is 9.59 Å². The molecule has 3 aromatic carbocycles. The highest BCUT2D eigenvalue weighted by molar-refractivity contribution is 8.02. The number of nitrogens with zero attached hydrogens (tertiary/aromatic N) is 1. The maximum Gasteiger partial charge on any atom is 0.237 e. The highest BCUT2D eigenvalue weighted by Crippen LogP contribution is 2.34. The Kier molecular flexibility index (Phi) is 8.39. The van der Waals surface area contributed by atoms with Crippen molar-refractivity contribution in [3.05, 3.63) is 78.4 Å². The van der Waals surface area contributed by atoms with Crippen molar-refractivity contribution in [2.75, 3.05) is 17.2 Å². The molecule has 1 heterocycles. The van der Waals surface area contributed by atoms with Crippen molar-refractivity contribution in [2.45, 2.75) is 36.3 Å². The monoisotopic (exact) mass is 505 g/mol. The Labute approximate surface area is 213 Å². The molecular weight excluding hydrogens is 478 g/mol. The van der Waals surface area contributed by atoms with E-state index in [0.717, 1.165) is 37.2 Å². The van der Waals surface area contributed by atoms with Gasteiger partial charge in [0, 0.05) is 17.8 Å². The summed E-state index contributed by atoms with van der Waals surface area (Å²) in [6, 6.07) is 23.0. The van der Waals surface area contributed by atoms with Crippen LogP contribution in [0.5, 0.6) is 5.75 Å². The molecule has 0 aliphatic heterocycles. The molecule has 180 valence electrons. The molecule has 0 aliphatic rings. The predicted octanol–water partition coefficient (Wildman–Crippen LogP) is 6.39. The second-order valence-electron chi connectivity index (χ2n) is 7.90. The molecule has 0 bridgehead atoms. The third kappa shape index (κ3) is 7.07. The van der Waals surface area contributed by atoms with Gasteiger partial charge < -0.3 is 15.4 Å². The first kappa shape index (κ1) is 24.8. The lowest BCUT2D eigenvalue weighted by Crippen LogP contribution is -2.22. The number of nitrogens with one attached hydrogen (secondary N) is 2. The van der Waals surface area contributed by atoms with Crippen molar-refractivity contribution in [3.63, 3.8) is 0 Å². The molecule has 0 aliphatic carbocycles. The maximum atomic E-state index is 12.6. The van der Waals surface area contributed by atoms with Crippen LogP contribution >= 0.6 is 23.1 Å². The first-order chi connectivity index (χ1) is 17.0. The molecule has 0 saturated heterocycles. The van der Waals surface area contributed by atoms with E-state index in [0.29, 0.717) is 19.4 Å². The molecule has 1 atom stereocenters. The molecule has 4 rings (SSSR count). The van der Waals surface area contributed by atoms with E-state index in [1.54, 1.807) is 0 Å². The van der Waals surface area contributed by atoms with Gasteiger partial charge in [-0.05, 0) is 68.3 Å². The standard InChI is InChI=1S/C27H27N3O3S2/c1-3-33-22-13-10-20(11-14-22)29-26(32)18(2)34-27-30-23-15-12-21(17-24(23)35-27)28-25(31)16-9-19-7-5-4-6-8-19/h4-8,10-15,17-18H,3,9,16H2,1-2H3,(H,28,31)(H,29,32). The van der Waals surface area contributed by atoms with E-state index in [-0.39, 0.29) is 17.1 Å². The van der Waals surface area contributed by atoms with Gasteiger partial charge in [-0.3, -0.25) is 9.59 Å². The third-order valence-electron chi connectivity index (χ3n) is 5.22. The van der Waals surface area contributed by atoms with Crippen molar-refractivity contribution >= 4 is 56.5 Å². The number of anilines is 2. The van der Waals surface area contributed by atoms with Crippen molar-refractivity contribution in [1.29, 1.82) is 0 Å². The zero-order chi connectivity index (χ0) is 24.6. The van der Waals surface area contributed by atoms with E-state index in [1.165, 1.54) is 23.1 Å². The molecule has 1 aromatic heterocycles. The van der Waals surface area contributed by atoms with Gasteiger partial charge in [0.05, 0.1) is 22.1 Å². The average molecular weight is 506 g/mol. The highest BCUT2D eigenvalue weighted by atomic mass is 32.2. The van der Waals surface area contributed by atoms with E-state index < -0.39 is 0 Å². The predicted molar refractivity (Wildman–Crippen MR) is 145 cm³/mol. The minimum Gasteiger partial charge on any atom is -0.494 e. The van der Waals surface area contributed by atoms with Gasteiger partial charge in [-0.15, -0.1) is 11.3 Å². The fourth-order valence-corrected chi connectivity index (χ4v) is 5.66. The Morgan fingerprint density at radius 1 is 1.00 bits per heavy atom. The quantitative estimate of drug-likeness (QED) is 0.244. The van der Waals surface area contributed by atoms with Crippen LogP contribution in [-0.2, 0) is 16.0 Å². The number of thioether (sulfide) groups is 1. The number of hydrogen-bond acceptors (Lipinski definition) is 6. The molecule has 0 saturated carbocycles. The Hall–Kier alpha value is -3.36. The summed E-state index contributed by atoms with van der Waals surface area (Å²) in [7, 11) is 0. The summed E-state index contributed by atoms with van der Waals surface area (Å²) in [5, 5.41) is 5.59. The summed E-state index contributed by atoms with van der Waals surface area (Å²) >= 11 is 2.93. The first-order valence-corrected chi connectivity index (χ1v) is 13.1. The SMILES string of the molecule is CCOc1ccc(NC(=O)C(C)Sc2nc3ccc(NC(=O)CCc4ccccc4)cc3s2)cc1. The number of carbonyl (C=O) groups excluding carboxylic acids is 2. The molecule has 8 heteroatoms. The summed E-state index contributed by atoms with van der Waals surface area (Å²) in [5.41, 5.74) is 3.46. The highest BCUT2D eigenvalue weighted by Gasteiger charge is 2.17. The van der Waals surface area contributed by atoms with Crippen molar-refractivity contribution < 1.29 is 14.3 Å². The van der Waals surface area contributed by atoms with Crippen LogP contribution in [0.4, 0.5) is 11.4 Å². The van der Waals surface area contributed by atoms with E-state index in [4.69, 9.17) is 4.74 Å². The van der Waals surface area contributed by atoms with Crippen LogP contribution in [0.25, 0.3) is 10.2 Å². The summed E-state index contributed by atoms with van der Waals surface area (Å²) < 4.78 is 7.21. The van der Waals surface area contributed by atoms with Gasteiger partial charge in [-0.25, -0.2) is 4.98 Å². The second-order valence-corrected chi connectivity index (χ2v) is 10.5. The van der Waals surface area contributed by atoms with Crippen LogP contribution in [0.1, 0.15) is 25.8 Å². The summed E-state index contributed by atoms with van der Waals surface area (Å²) in [6.07, 6.45) is 1.12. The summed E-state index contributed by atoms with van der Waals surface area (Å²) in [4.78, 5) is 29.7. The van der Waals surface area contributed by atoms with Crippen LogP contribution in [0.2, 0.25) is 0 Å². The number of aryl methyl sites for hydroxylation is 1. The molecule has 2 amide bonds. The van der Waals surface area contributed by atoms with Crippen molar-refractivity contribution in [1.82, 2.24) is 4.98 Å². The molecule has 0 radical (unpaired) electrons. The fraction of sp³-hybridized carbons (Fsp3) is 0.222. The molecule has 2 N–H and O–H groups in total. The molecule has 0 fully saturated rings. The minimum absolute atomic E-state index is 0.0214. The number of fused-ring (bicyclic) bond motifs is 1. The largest absolute Gasteiger partial charge is 0.494 e. The van der Waals surface area contributed by atoms with E-state index in [2.05, 4.69) is 15.6 Å². The Morgan fingerprint density at radius 2 is 1.74 bits per heavy atom. The molecule has 6 nitrogen and oxygen atoms in total. The lowest BCUT2D eigenvalue weighted by molar-refractivity contribution is -0.116. The molecule has 4 aromatic rings. The molecular formula is C27H27N3O3S2. The van der Waals surface area contributed by atoms with E-state index >= 15 is 0 Å². The third-order valence-corrected chi connectivity index (χ3v) is 7.43. The zero-order valence-electron chi connectivity index (χ0n) is 19.6. The number of benzene rings is 3. The molecule has 35 heavy (non-hydrogen) atoms. The fourth-order valence-electron chi connectivity index (χ4n) is 3.41. The number of thiazole rings is 1. The van der Waals surface area contributed by atoms with E-state index in [1.807, 2.05) is 86.6 Å². The lowest BCUT2D eigenvalue weighted by Gasteiger charge is -2.11. The topological polar surface area (TPSA) is 80.3 Å². The summed E-state index contributed by atoms with van der Waals surface area (Å²) in [6.45, 7) is 4.39. The van der Waals surface area contributed by atoms with Gasteiger partial charge >= 0.3 is 0 Å². The van der Waals surface area contributed by atoms with Gasteiger partial charge in [-0.2, -0.15) is 0 Å². The van der Waals surface area contributed by atoms with Crippen molar-refractivity contribution in [2.24, 2.45) is 0 Å². The van der Waals surface area contributed by atoms with Gasteiger partial charge in [0.1, 0.15) is 5.75 Å². The number of aromatic nitrogens is 1. The first-order valence-electron chi connectivity index (χ1n) is 11.4. The Morgan fingerprint density at radius 3 is 2.49 bits per heavy atom. The van der Waals surface area contributed by atoms with Crippen LogP contribution < -0.4 is 15.4 Å². The normalized spacial score (nSPS) is 11.7.